The average molecular weight is 428 g/mol. The van der Waals surface area contributed by atoms with Gasteiger partial charge in [0, 0.05) is 37.0 Å². The molecule has 0 radical (unpaired) electrons. The molecule has 4 rings (SSSR count). The molecule has 3 heterocycles. The van der Waals surface area contributed by atoms with Gasteiger partial charge in [0.05, 0.1) is 25.3 Å². The van der Waals surface area contributed by atoms with Crippen LogP contribution in [-0.4, -0.2) is 40.8 Å². The van der Waals surface area contributed by atoms with Crippen molar-refractivity contribution in [3.8, 4) is 5.75 Å². The number of aromatic amines is 1. The van der Waals surface area contributed by atoms with Crippen molar-refractivity contribution in [1.82, 2.24) is 19.9 Å². The Hall–Kier alpha value is -3.20. The molecule has 1 aromatic carbocycles. The van der Waals surface area contributed by atoms with Gasteiger partial charge in [-0.3, -0.25) is 14.7 Å². The molecule has 0 saturated carbocycles. The number of amides is 1. The zero-order chi connectivity index (χ0) is 22.0. The van der Waals surface area contributed by atoms with E-state index in [2.05, 4.69) is 15.4 Å². The van der Waals surface area contributed by atoms with Gasteiger partial charge in [-0.25, -0.2) is 13.9 Å². The van der Waals surface area contributed by atoms with Gasteiger partial charge in [-0.15, -0.1) is 0 Å². The zero-order valence-electron chi connectivity index (χ0n) is 17.5. The summed E-state index contributed by atoms with van der Waals surface area (Å²) in [6.07, 6.45) is 1.80. The molecule has 1 fully saturated rings. The number of aromatic nitrogens is 3. The number of fused-ring (bicyclic) bond motifs is 1. The summed E-state index contributed by atoms with van der Waals surface area (Å²) in [4.78, 5) is 29.6. The van der Waals surface area contributed by atoms with Crippen molar-refractivity contribution in [3.05, 3.63) is 63.5 Å². The summed E-state index contributed by atoms with van der Waals surface area (Å²) in [5, 5.41) is 5.97. The molecule has 1 aliphatic rings. The largest absolute Gasteiger partial charge is 0.494 e. The molecule has 2 N–H and O–H groups in total. The number of nitrogens with one attached hydrogen (secondary N) is 2. The van der Waals surface area contributed by atoms with Crippen molar-refractivity contribution >= 4 is 11.6 Å². The summed E-state index contributed by atoms with van der Waals surface area (Å²) in [5.74, 6) is -0.382. The third kappa shape index (κ3) is 4.61. The number of hydrogen-bond donors (Lipinski definition) is 2. The Morgan fingerprint density at radius 3 is 2.84 bits per heavy atom. The molecule has 8 nitrogen and oxygen atoms in total. The van der Waals surface area contributed by atoms with Gasteiger partial charge in [-0.05, 0) is 37.5 Å². The fourth-order valence-electron chi connectivity index (χ4n) is 3.84. The second-order valence-corrected chi connectivity index (χ2v) is 7.75. The second kappa shape index (κ2) is 8.89. The number of benzene rings is 1. The van der Waals surface area contributed by atoms with Crippen molar-refractivity contribution in [2.24, 2.45) is 0 Å². The number of carbonyl (C=O) groups excluding carboxylic acids is 1. The highest BCUT2D eigenvalue weighted by Crippen LogP contribution is 2.26. The number of rotatable bonds is 6. The number of H-pyrrole nitrogens is 1. The van der Waals surface area contributed by atoms with E-state index in [4.69, 9.17) is 9.47 Å². The van der Waals surface area contributed by atoms with E-state index in [1.807, 2.05) is 6.07 Å². The number of halogens is 1. The quantitative estimate of drug-likeness (QED) is 0.629. The number of methoxy groups -OCH3 is 1. The third-order valence-corrected chi connectivity index (χ3v) is 5.55. The third-order valence-electron chi connectivity index (χ3n) is 5.55. The molecular formula is C22H25FN4O4. The minimum Gasteiger partial charge on any atom is -0.494 e. The fraction of sp³-hybridized carbons (Fsp3) is 0.409. The molecule has 1 aliphatic heterocycles. The Kier molecular flexibility index (Phi) is 6.03. The SMILES string of the molecule is COc1ccc(CC(=O)NC(C)c2cc(=O)n3[nH]c(C4CCOCC4)cc3n2)cc1F. The van der Waals surface area contributed by atoms with E-state index in [0.717, 1.165) is 18.5 Å². The number of hydrogen-bond acceptors (Lipinski definition) is 5. The van der Waals surface area contributed by atoms with Gasteiger partial charge < -0.3 is 14.8 Å². The molecule has 31 heavy (non-hydrogen) atoms. The van der Waals surface area contributed by atoms with E-state index in [1.165, 1.54) is 29.8 Å². The molecule has 1 atom stereocenters. The fourth-order valence-corrected chi connectivity index (χ4v) is 3.84. The lowest BCUT2D eigenvalue weighted by Crippen LogP contribution is -2.30. The maximum Gasteiger partial charge on any atom is 0.272 e. The Balaban J connectivity index is 1.48. The summed E-state index contributed by atoms with van der Waals surface area (Å²) in [6, 6.07) is 7.22. The minimum atomic E-state index is -0.520. The molecule has 0 bridgehead atoms. The minimum absolute atomic E-state index is 0.00450. The summed E-state index contributed by atoms with van der Waals surface area (Å²) in [6.45, 7) is 3.17. The average Bonchev–Trinajstić information content (AvgIpc) is 3.19. The molecule has 9 heteroatoms. The molecule has 164 valence electrons. The summed E-state index contributed by atoms with van der Waals surface area (Å²) in [5.41, 5.74) is 2.23. The van der Waals surface area contributed by atoms with E-state index in [1.54, 1.807) is 13.0 Å². The summed E-state index contributed by atoms with van der Waals surface area (Å²) >= 11 is 0. The van der Waals surface area contributed by atoms with Gasteiger partial charge in [-0.2, -0.15) is 0 Å². The molecule has 1 amide bonds. The smallest absolute Gasteiger partial charge is 0.272 e. The molecule has 1 unspecified atom stereocenters. The van der Waals surface area contributed by atoms with Crippen LogP contribution in [0.25, 0.3) is 5.65 Å². The number of carbonyl (C=O) groups is 1. The first-order valence-electron chi connectivity index (χ1n) is 10.3. The van der Waals surface area contributed by atoms with Crippen LogP contribution in [0, 0.1) is 5.82 Å². The first-order chi connectivity index (χ1) is 14.9. The maximum atomic E-state index is 13.8. The van der Waals surface area contributed by atoms with E-state index in [-0.39, 0.29) is 23.6 Å². The highest BCUT2D eigenvalue weighted by atomic mass is 19.1. The standard InChI is InChI=1S/C22H25FN4O4/c1-13(24-21(28)10-14-3-4-19(30-2)16(23)9-14)17-12-22(29)27-20(25-17)11-18(26-27)15-5-7-31-8-6-15/h3-4,9,11-13,15,26H,5-8,10H2,1-2H3,(H,24,28). The van der Waals surface area contributed by atoms with Crippen LogP contribution in [0.2, 0.25) is 0 Å². The molecule has 2 aromatic heterocycles. The van der Waals surface area contributed by atoms with Crippen molar-refractivity contribution in [2.75, 3.05) is 20.3 Å². The Morgan fingerprint density at radius 1 is 1.35 bits per heavy atom. The van der Waals surface area contributed by atoms with E-state index >= 15 is 0 Å². The first-order valence-corrected chi connectivity index (χ1v) is 10.3. The van der Waals surface area contributed by atoms with Crippen LogP contribution >= 0.6 is 0 Å². The topological polar surface area (TPSA) is 97.7 Å². The maximum absolute atomic E-state index is 13.8. The van der Waals surface area contributed by atoms with Crippen LogP contribution in [0.4, 0.5) is 4.39 Å². The summed E-state index contributed by atoms with van der Waals surface area (Å²) < 4.78 is 25.6. The van der Waals surface area contributed by atoms with Gasteiger partial charge in [0.25, 0.3) is 5.56 Å². The monoisotopic (exact) mass is 428 g/mol. The molecule has 0 aliphatic carbocycles. The highest BCUT2D eigenvalue weighted by Gasteiger charge is 2.20. The second-order valence-electron chi connectivity index (χ2n) is 7.75. The highest BCUT2D eigenvalue weighted by molar-refractivity contribution is 5.79. The van der Waals surface area contributed by atoms with E-state index in [0.29, 0.717) is 36.0 Å². The van der Waals surface area contributed by atoms with Crippen LogP contribution in [0.5, 0.6) is 5.75 Å². The number of ether oxygens (including phenoxy) is 2. The van der Waals surface area contributed by atoms with Crippen LogP contribution in [0.15, 0.2) is 35.1 Å². The Bertz CT molecular complexity index is 1150. The molecular weight excluding hydrogens is 403 g/mol. The van der Waals surface area contributed by atoms with Crippen LogP contribution in [-0.2, 0) is 16.0 Å². The summed E-state index contributed by atoms with van der Waals surface area (Å²) in [7, 11) is 1.38. The number of nitrogens with zero attached hydrogens (tertiary/aromatic N) is 2. The van der Waals surface area contributed by atoms with Gasteiger partial charge in [-0.1, -0.05) is 6.07 Å². The predicted molar refractivity (Wildman–Crippen MR) is 112 cm³/mol. The van der Waals surface area contributed by atoms with Gasteiger partial charge in [0.2, 0.25) is 5.91 Å². The van der Waals surface area contributed by atoms with Gasteiger partial charge >= 0.3 is 0 Å². The van der Waals surface area contributed by atoms with E-state index in [9.17, 15) is 14.0 Å². The lowest BCUT2D eigenvalue weighted by Gasteiger charge is -2.20. The van der Waals surface area contributed by atoms with Crippen LogP contribution in [0.1, 0.15) is 48.7 Å². The van der Waals surface area contributed by atoms with Crippen LogP contribution in [0.3, 0.4) is 0 Å². The normalized spacial score (nSPS) is 15.7. The van der Waals surface area contributed by atoms with Gasteiger partial charge in [0.15, 0.2) is 17.2 Å². The lowest BCUT2D eigenvalue weighted by molar-refractivity contribution is -0.121. The Morgan fingerprint density at radius 2 is 2.13 bits per heavy atom. The van der Waals surface area contributed by atoms with Crippen molar-refractivity contribution in [3.63, 3.8) is 0 Å². The van der Waals surface area contributed by atoms with Crippen molar-refractivity contribution in [1.29, 1.82) is 0 Å². The van der Waals surface area contributed by atoms with Crippen molar-refractivity contribution in [2.45, 2.75) is 38.1 Å². The lowest BCUT2D eigenvalue weighted by atomic mass is 9.97. The zero-order valence-corrected chi connectivity index (χ0v) is 17.5. The van der Waals surface area contributed by atoms with Gasteiger partial charge in [0.1, 0.15) is 0 Å². The van der Waals surface area contributed by atoms with Crippen molar-refractivity contribution < 1.29 is 18.7 Å². The predicted octanol–water partition coefficient (Wildman–Crippen LogP) is 2.48. The first kappa shape index (κ1) is 21.0. The molecule has 0 spiro atoms. The molecule has 1 saturated heterocycles. The van der Waals surface area contributed by atoms with Crippen LogP contribution < -0.4 is 15.6 Å². The van der Waals surface area contributed by atoms with E-state index < -0.39 is 11.9 Å². The molecule has 3 aromatic rings. The Labute approximate surface area is 178 Å².